The molecule has 0 saturated carbocycles. The van der Waals surface area contributed by atoms with E-state index in [1.54, 1.807) is 33.0 Å². The summed E-state index contributed by atoms with van der Waals surface area (Å²) in [7, 11) is -0.714. The van der Waals surface area contributed by atoms with Crippen molar-refractivity contribution < 1.29 is 22.7 Å². The van der Waals surface area contributed by atoms with Gasteiger partial charge in [0.2, 0.25) is 15.9 Å². The van der Waals surface area contributed by atoms with E-state index in [-0.39, 0.29) is 16.7 Å². The fourth-order valence-corrected chi connectivity index (χ4v) is 4.16. The van der Waals surface area contributed by atoms with Crippen LogP contribution in [0.4, 0.5) is 0 Å². The van der Waals surface area contributed by atoms with Crippen LogP contribution in [0.2, 0.25) is 0 Å². The van der Waals surface area contributed by atoms with Crippen molar-refractivity contribution >= 4 is 15.9 Å². The minimum absolute atomic E-state index is 0.0762. The first-order valence-electron chi connectivity index (χ1n) is 9.75. The van der Waals surface area contributed by atoms with E-state index in [1.165, 1.54) is 24.1 Å². The molecule has 30 heavy (non-hydrogen) atoms. The summed E-state index contributed by atoms with van der Waals surface area (Å²) < 4.78 is 38.9. The lowest BCUT2D eigenvalue weighted by Crippen LogP contribution is -2.50. The van der Waals surface area contributed by atoms with Gasteiger partial charge in [0, 0.05) is 7.05 Å². The molecule has 0 bridgehead atoms. The molecule has 2 aromatic carbocycles. The van der Waals surface area contributed by atoms with E-state index in [2.05, 4.69) is 4.72 Å². The van der Waals surface area contributed by atoms with E-state index in [1.807, 2.05) is 31.2 Å². The molecule has 0 aliphatic heterocycles. The second-order valence-electron chi connectivity index (χ2n) is 7.39. The number of hydrogen-bond donors (Lipinski definition) is 1. The third-order valence-corrected chi connectivity index (χ3v) is 6.20. The van der Waals surface area contributed by atoms with Crippen molar-refractivity contribution in [2.24, 2.45) is 5.92 Å². The SMILES string of the molecule is COc1ccc(S(=O)(=O)N[C@H](C(=O)N(C)CCOc2ccccc2C)C(C)C)cc1. The Morgan fingerprint density at radius 3 is 2.30 bits per heavy atom. The molecule has 0 spiro atoms. The molecule has 0 aliphatic rings. The number of nitrogens with zero attached hydrogens (tertiary/aromatic N) is 1. The number of methoxy groups -OCH3 is 1. The standard InChI is InChI=1S/C22H30N2O5S/c1-16(2)21(23-30(26,27)19-12-10-18(28-5)11-13-19)22(25)24(4)14-15-29-20-9-7-6-8-17(20)3/h6-13,16,21,23H,14-15H2,1-5H3/t21-/m0/s1. The Hall–Kier alpha value is -2.58. The highest BCUT2D eigenvalue weighted by Crippen LogP contribution is 2.18. The average molecular weight is 435 g/mol. The quantitative estimate of drug-likeness (QED) is 0.622. The van der Waals surface area contributed by atoms with Crippen LogP contribution in [0.1, 0.15) is 19.4 Å². The van der Waals surface area contributed by atoms with Gasteiger partial charge in [0.25, 0.3) is 0 Å². The maximum atomic E-state index is 12.9. The number of amides is 1. The van der Waals surface area contributed by atoms with Gasteiger partial charge in [0.15, 0.2) is 0 Å². The van der Waals surface area contributed by atoms with E-state index in [0.29, 0.717) is 18.9 Å². The lowest BCUT2D eigenvalue weighted by Gasteiger charge is -2.27. The van der Waals surface area contributed by atoms with Gasteiger partial charge in [-0.2, -0.15) is 4.72 Å². The van der Waals surface area contributed by atoms with Crippen molar-refractivity contribution in [2.45, 2.75) is 31.7 Å². The topological polar surface area (TPSA) is 84.9 Å². The number of para-hydroxylation sites is 1. The minimum atomic E-state index is -3.86. The summed E-state index contributed by atoms with van der Waals surface area (Å²) in [5.41, 5.74) is 1.01. The monoisotopic (exact) mass is 434 g/mol. The molecule has 7 nitrogen and oxygen atoms in total. The fraction of sp³-hybridized carbons (Fsp3) is 0.409. The maximum Gasteiger partial charge on any atom is 0.241 e. The van der Waals surface area contributed by atoms with Gasteiger partial charge in [-0.05, 0) is 48.7 Å². The number of ether oxygens (including phenoxy) is 2. The summed E-state index contributed by atoms with van der Waals surface area (Å²) in [6.07, 6.45) is 0. The summed E-state index contributed by atoms with van der Waals surface area (Å²) in [5.74, 6) is 0.776. The summed E-state index contributed by atoms with van der Waals surface area (Å²) in [5, 5.41) is 0. The molecule has 0 heterocycles. The fourth-order valence-electron chi connectivity index (χ4n) is 2.82. The first kappa shape index (κ1) is 23.7. The number of sulfonamides is 1. The highest BCUT2D eigenvalue weighted by atomic mass is 32.2. The number of carbonyl (C=O) groups excluding carboxylic acids is 1. The molecule has 164 valence electrons. The Kier molecular flexibility index (Phi) is 8.25. The van der Waals surface area contributed by atoms with Gasteiger partial charge < -0.3 is 14.4 Å². The van der Waals surface area contributed by atoms with Gasteiger partial charge in [0.05, 0.1) is 18.6 Å². The van der Waals surface area contributed by atoms with Crippen LogP contribution in [-0.4, -0.2) is 52.6 Å². The van der Waals surface area contributed by atoms with Crippen LogP contribution >= 0.6 is 0 Å². The summed E-state index contributed by atoms with van der Waals surface area (Å²) in [4.78, 5) is 14.5. The van der Waals surface area contributed by atoms with Crippen molar-refractivity contribution in [3.8, 4) is 11.5 Å². The van der Waals surface area contributed by atoms with Gasteiger partial charge >= 0.3 is 0 Å². The number of likely N-dealkylation sites (N-methyl/N-ethyl adjacent to an activating group) is 1. The van der Waals surface area contributed by atoms with Crippen LogP contribution in [-0.2, 0) is 14.8 Å². The van der Waals surface area contributed by atoms with Crippen molar-refractivity contribution in [3.63, 3.8) is 0 Å². The highest BCUT2D eigenvalue weighted by Gasteiger charge is 2.30. The smallest absolute Gasteiger partial charge is 0.241 e. The summed E-state index contributed by atoms with van der Waals surface area (Å²) in [6.45, 7) is 6.20. The zero-order valence-corrected chi connectivity index (χ0v) is 18.9. The Balaban J connectivity index is 2.03. The molecular formula is C22H30N2O5S. The molecule has 1 atom stereocenters. The van der Waals surface area contributed by atoms with Crippen LogP contribution in [0.25, 0.3) is 0 Å². The van der Waals surface area contributed by atoms with Crippen molar-refractivity contribution in [3.05, 3.63) is 54.1 Å². The maximum absolute atomic E-state index is 12.9. The van der Waals surface area contributed by atoms with Crippen molar-refractivity contribution in [1.82, 2.24) is 9.62 Å². The van der Waals surface area contributed by atoms with Crippen LogP contribution < -0.4 is 14.2 Å². The first-order chi connectivity index (χ1) is 14.2. The molecule has 1 amide bonds. The van der Waals surface area contributed by atoms with Crippen molar-refractivity contribution in [2.75, 3.05) is 27.3 Å². The lowest BCUT2D eigenvalue weighted by molar-refractivity contribution is -0.133. The number of hydrogen-bond acceptors (Lipinski definition) is 5. The van der Waals surface area contributed by atoms with Crippen molar-refractivity contribution in [1.29, 1.82) is 0 Å². The number of aryl methyl sites for hydroxylation is 1. The second kappa shape index (κ2) is 10.4. The molecular weight excluding hydrogens is 404 g/mol. The summed E-state index contributed by atoms with van der Waals surface area (Å²) >= 11 is 0. The van der Waals surface area contributed by atoms with Gasteiger partial charge in [0.1, 0.15) is 24.1 Å². The molecule has 0 saturated heterocycles. The molecule has 8 heteroatoms. The van der Waals surface area contributed by atoms with Crippen LogP contribution in [0.3, 0.4) is 0 Å². The van der Waals surface area contributed by atoms with Gasteiger partial charge in [-0.15, -0.1) is 0 Å². The van der Waals surface area contributed by atoms with Gasteiger partial charge in [-0.3, -0.25) is 4.79 Å². The number of carbonyl (C=O) groups is 1. The zero-order chi connectivity index (χ0) is 22.3. The van der Waals surface area contributed by atoms with Crippen LogP contribution in [0, 0.1) is 12.8 Å². The first-order valence-corrected chi connectivity index (χ1v) is 11.2. The third kappa shape index (κ3) is 6.21. The van der Waals surface area contributed by atoms with Crippen LogP contribution in [0.15, 0.2) is 53.4 Å². The molecule has 2 rings (SSSR count). The van der Waals surface area contributed by atoms with Gasteiger partial charge in [-0.25, -0.2) is 8.42 Å². The van der Waals surface area contributed by atoms with E-state index in [0.717, 1.165) is 11.3 Å². The summed E-state index contributed by atoms with van der Waals surface area (Å²) in [6, 6.07) is 12.8. The Morgan fingerprint density at radius 2 is 1.73 bits per heavy atom. The molecule has 0 aromatic heterocycles. The molecule has 2 aromatic rings. The average Bonchev–Trinajstić information content (AvgIpc) is 2.72. The largest absolute Gasteiger partial charge is 0.497 e. The van der Waals surface area contributed by atoms with Gasteiger partial charge in [-0.1, -0.05) is 32.0 Å². The van der Waals surface area contributed by atoms with Crippen LogP contribution in [0.5, 0.6) is 11.5 Å². The normalized spacial score (nSPS) is 12.5. The Morgan fingerprint density at radius 1 is 1.10 bits per heavy atom. The van der Waals surface area contributed by atoms with E-state index >= 15 is 0 Å². The highest BCUT2D eigenvalue weighted by molar-refractivity contribution is 7.89. The molecule has 0 unspecified atom stereocenters. The number of nitrogens with one attached hydrogen (secondary N) is 1. The predicted molar refractivity (Wildman–Crippen MR) is 116 cm³/mol. The van der Waals surface area contributed by atoms with E-state index in [4.69, 9.17) is 9.47 Å². The minimum Gasteiger partial charge on any atom is -0.497 e. The Labute approximate surface area is 179 Å². The zero-order valence-electron chi connectivity index (χ0n) is 18.1. The predicted octanol–water partition coefficient (Wildman–Crippen LogP) is 2.84. The number of rotatable bonds is 10. The molecule has 0 radical (unpaired) electrons. The lowest BCUT2D eigenvalue weighted by atomic mass is 10.0. The third-order valence-electron chi connectivity index (χ3n) is 4.74. The number of benzene rings is 2. The second-order valence-corrected chi connectivity index (χ2v) is 9.11. The Bertz CT molecular complexity index is 942. The molecule has 0 aliphatic carbocycles. The molecule has 0 fully saturated rings. The molecule has 1 N–H and O–H groups in total. The van der Waals surface area contributed by atoms with E-state index < -0.39 is 16.1 Å². The van der Waals surface area contributed by atoms with E-state index in [9.17, 15) is 13.2 Å².